The number of carbonyl (C=O) groups excluding carboxylic acids is 2. The Hall–Kier alpha value is -2.83. The number of fused-ring (bicyclic) bond motifs is 1. The van der Waals surface area contributed by atoms with E-state index in [2.05, 4.69) is 10.3 Å². The van der Waals surface area contributed by atoms with Crippen molar-refractivity contribution in [3.63, 3.8) is 0 Å². The molecule has 0 fully saturated rings. The summed E-state index contributed by atoms with van der Waals surface area (Å²) in [4.78, 5) is 27.6. The predicted molar refractivity (Wildman–Crippen MR) is 92.9 cm³/mol. The molecule has 1 atom stereocenters. The fourth-order valence-electron chi connectivity index (χ4n) is 3.31. The summed E-state index contributed by atoms with van der Waals surface area (Å²) in [6.07, 6.45) is 1.36. The number of amides is 1. The smallest absolute Gasteiger partial charge is 0.339 e. The van der Waals surface area contributed by atoms with Crippen LogP contribution in [0.1, 0.15) is 56.6 Å². The number of aryl methyl sites for hydroxylation is 1. The number of ether oxygens (including phenoxy) is 2. The summed E-state index contributed by atoms with van der Waals surface area (Å²) in [7, 11) is 1.30. The fraction of sp³-hybridized carbons (Fsp3) is 0.368. The van der Waals surface area contributed by atoms with Crippen LogP contribution in [0, 0.1) is 19.7 Å². The quantitative estimate of drug-likeness (QED) is 0.824. The molecule has 1 amide bonds. The third-order valence-electron chi connectivity index (χ3n) is 4.60. The van der Waals surface area contributed by atoms with Crippen LogP contribution in [0.2, 0.25) is 0 Å². The van der Waals surface area contributed by atoms with E-state index in [0.717, 1.165) is 6.42 Å². The van der Waals surface area contributed by atoms with Gasteiger partial charge in [0.1, 0.15) is 17.3 Å². The molecule has 0 saturated heterocycles. The van der Waals surface area contributed by atoms with Crippen LogP contribution < -0.4 is 10.1 Å². The number of halogens is 1. The van der Waals surface area contributed by atoms with E-state index >= 15 is 0 Å². The van der Waals surface area contributed by atoms with Gasteiger partial charge in [-0.05, 0) is 50.5 Å². The Labute approximate surface area is 150 Å². The highest BCUT2D eigenvalue weighted by molar-refractivity contribution is 6.00. The summed E-state index contributed by atoms with van der Waals surface area (Å²) in [6.45, 7) is 3.91. The number of benzene rings is 1. The molecule has 1 aromatic heterocycles. The van der Waals surface area contributed by atoms with Gasteiger partial charge in [0.2, 0.25) is 0 Å². The highest BCUT2D eigenvalue weighted by Gasteiger charge is 2.26. The Morgan fingerprint density at radius 1 is 1.35 bits per heavy atom. The van der Waals surface area contributed by atoms with Crippen molar-refractivity contribution in [2.45, 2.75) is 32.7 Å². The summed E-state index contributed by atoms with van der Waals surface area (Å²) in [5, 5.41) is 2.93. The first-order valence-corrected chi connectivity index (χ1v) is 8.43. The molecule has 0 aliphatic carbocycles. The molecule has 3 rings (SSSR count). The van der Waals surface area contributed by atoms with Gasteiger partial charge in [0.25, 0.3) is 5.91 Å². The number of methoxy groups -OCH3 is 1. The maximum Gasteiger partial charge on any atom is 0.339 e. The summed E-state index contributed by atoms with van der Waals surface area (Å²) in [5.41, 5.74) is 2.36. The standard InChI is InChI=1S/C19H21FN2O4/c1-10-16(19(24)25-3)11(2)21-17(10)18(23)22-14-5-4-8-26-15-7-6-12(20)9-13(14)15/h6-7,9,14,21H,4-5,8H2,1-3H3,(H,22,23). The Bertz CT molecular complexity index is 859. The van der Waals surface area contributed by atoms with E-state index in [1.807, 2.05) is 0 Å². The highest BCUT2D eigenvalue weighted by Crippen LogP contribution is 2.32. The lowest BCUT2D eigenvalue weighted by atomic mass is 10.0. The highest BCUT2D eigenvalue weighted by atomic mass is 19.1. The molecule has 2 aromatic rings. The Morgan fingerprint density at radius 3 is 2.85 bits per heavy atom. The van der Waals surface area contributed by atoms with Crippen LogP contribution in [0.4, 0.5) is 4.39 Å². The first-order chi connectivity index (χ1) is 12.4. The van der Waals surface area contributed by atoms with Gasteiger partial charge >= 0.3 is 5.97 Å². The molecule has 0 spiro atoms. The van der Waals surface area contributed by atoms with Crippen LogP contribution in [0.25, 0.3) is 0 Å². The number of esters is 1. The van der Waals surface area contributed by atoms with Crippen molar-refractivity contribution in [2.24, 2.45) is 0 Å². The van der Waals surface area contributed by atoms with Crippen molar-refractivity contribution in [1.29, 1.82) is 0 Å². The number of carbonyl (C=O) groups is 2. The maximum absolute atomic E-state index is 13.7. The van der Waals surface area contributed by atoms with Gasteiger partial charge in [0.05, 0.1) is 25.3 Å². The van der Waals surface area contributed by atoms with Gasteiger partial charge in [-0.1, -0.05) is 0 Å². The number of H-pyrrole nitrogens is 1. The molecular formula is C19H21FN2O4. The molecular weight excluding hydrogens is 339 g/mol. The van der Waals surface area contributed by atoms with Crippen LogP contribution >= 0.6 is 0 Å². The second-order valence-electron chi connectivity index (χ2n) is 6.32. The molecule has 26 heavy (non-hydrogen) atoms. The molecule has 7 heteroatoms. The molecule has 0 radical (unpaired) electrons. The molecule has 1 aliphatic heterocycles. The van der Waals surface area contributed by atoms with Gasteiger partial charge in [-0.2, -0.15) is 0 Å². The molecule has 0 saturated carbocycles. The van der Waals surface area contributed by atoms with E-state index in [1.165, 1.54) is 19.2 Å². The van der Waals surface area contributed by atoms with Gasteiger partial charge in [-0.25, -0.2) is 9.18 Å². The predicted octanol–water partition coefficient (Wildman–Crippen LogP) is 3.20. The largest absolute Gasteiger partial charge is 0.493 e. The Balaban J connectivity index is 1.89. The monoisotopic (exact) mass is 360 g/mol. The van der Waals surface area contributed by atoms with Crippen LogP contribution in [-0.4, -0.2) is 30.6 Å². The third kappa shape index (κ3) is 3.29. The zero-order valence-electron chi connectivity index (χ0n) is 14.9. The van der Waals surface area contributed by atoms with Crippen molar-refractivity contribution in [3.8, 4) is 5.75 Å². The van der Waals surface area contributed by atoms with E-state index in [1.54, 1.807) is 19.9 Å². The molecule has 2 heterocycles. The van der Waals surface area contributed by atoms with Crippen LogP contribution in [0.15, 0.2) is 18.2 Å². The number of aromatic amines is 1. The number of nitrogens with one attached hydrogen (secondary N) is 2. The first kappa shape index (κ1) is 18.0. The third-order valence-corrected chi connectivity index (χ3v) is 4.60. The topological polar surface area (TPSA) is 80.4 Å². The van der Waals surface area contributed by atoms with Crippen LogP contribution in [-0.2, 0) is 4.74 Å². The summed E-state index contributed by atoms with van der Waals surface area (Å²) >= 11 is 0. The van der Waals surface area contributed by atoms with Gasteiger partial charge in [0, 0.05) is 11.3 Å². The second kappa shape index (κ2) is 7.19. The molecule has 1 aromatic carbocycles. The van der Waals surface area contributed by atoms with Gasteiger partial charge in [-0.15, -0.1) is 0 Å². The summed E-state index contributed by atoms with van der Waals surface area (Å²) < 4.78 is 24.1. The number of aromatic nitrogens is 1. The van der Waals surface area contributed by atoms with E-state index in [-0.39, 0.29) is 17.8 Å². The fourth-order valence-corrected chi connectivity index (χ4v) is 3.31. The van der Waals surface area contributed by atoms with Gasteiger partial charge in [-0.3, -0.25) is 4.79 Å². The average Bonchev–Trinajstić information content (AvgIpc) is 2.78. The number of rotatable bonds is 3. The van der Waals surface area contributed by atoms with E-state index in [9.17, 15) is 14.0 Å². The zero-order valence-corrected chi connectivity index (χ0v) is 14.9. The summed E-state index contributed by atoms with van der Waals surface area (Å²) in [5.74, 6) is -0.661. The van der Waals surface area contributed by atoms with Crippen molar-refractivity contribution < 1.29 is 23.5 Å². The van der Waals surface area contributed by atoms with E-state index in [0.29, 0.717) is 46.9 Å². The second-order valence-corrected chi connectivity index (χ2v) is 6.32. The molecule has 138 valence electrons. The van der Waals surface area contributed by atoms with E-state index < -0.39 is 5.97 Å². The minimum atomic E-state index is -0.495. The first-order valence-electron chi connectivity index (χ1n) is 8.43. The molecule has 0 bridgehead atoms. The Morgan fingerprint density at radius 2 is 2.12 bits per heavy atom. The normalized spacial score (nSPS) is 16.2. The number of hydrogen-bond donors (Lipinski definition) is 2. The van der Waals surface area contributed by atoms with Crippen molar-refractivity contribution in [2.75, 3.05) is 13.7 Å². The molecule has 1 aliphatic rings. The van der Waals surface area contributed by atoms with Crippen LogP contribution in [0.5, 0.6) is 5.75 Å². The van der Waals surface area contributed by atoms with Crippen LogP contribution in [0.3, 0.4) is 0 Å². The minimum Gasteiger partial charge on any atom is -0.493 e. The number of hydrogen-bond acceptors (Lipinski definition) is 4. The maximum atomic E-state index is 13.7. The minimum absolute atomic E-state index is 0.297. The lowest BCUT2D eigenvalue weighted by molar-refractivity contribution is 0.0599. The Kier molecular flexibility index (Phi) is 4.97. The van der Waals surface area contributed by atoms with Crippen molar-refractivity contribution >= 4 is 11.9 Å². The van der Waals surface area contributed by atoms with Crippen molar-refractivity contribution in [1.82, 2.24) is 10.3 Å². The molecule has 6 nitrogen and oxygen atoms in total. The van der Waals surface area contributed by atoms with Gasteiger partial charge in [0.15, 0.2) is 0 Å². The lowest BCUT2D eigenvalue weighted by Crippen LogP contribution is -2.29. The van der Waals surface area contributed by atoms with E-state index in [4.69, 9.17) is 9.47 Å². The van der Waals surface area contributed by atoms with Gasteiger partial charge < -0.3 is 19.8 Å². The van der Waals surface area contributed by atoms with Crippen molar-refractivity contribution in [3.05, 3.63) is 52.1 Å². The molecule has 1 unspecified atom stereocenters. The average molecular weight is 360 g/mol. The molecule has 2 N–H and O–H groups in total. The zero-order chi connectivity index (χ0) is 18.8. The SMILES string of the molecule is COC(=O)c1c(C)[nH]c(C(=O)NC2CCCOc3ccc(F)cc32)c1C. The lowest BCUT2D eigenvalue weighted by Gasteiger charge is -2.18. The summed E-state index contributed by atoms with van der Waals surface area (Å²) in [6, 6.07) is 3.93.